The topological polar surface area (TPSA) is 70.2 Å². The van der Waals surface area contributed by atoms with Crippen LogP contribution in [0, 0.1) is 5.92 Å². The highest BCUT2D eigenvalue weighted by Crippen LogP contribution is 2.25. The third-order valence-electron chi connectivity index (χ3n) is 3.90. The Morgan fingerprint density at radius 3 is 2.58 bits per heavy atom. The normalized spacial score (nSPS) is 13.6. The van der Waals surface area contributed by atoms with E-state index in [0.29, 0.717) is 11.3 Å². The first-order chi connectivity index (χ1) is 12.4. The zero-order valence-corrected chi connectivity index (χ0v) is 16.2. The fourth-order valence-electron chi connectivity index (χ4n) is 2.65. The van der Waals surface area contributed by atoms with Gasteiger partial charge in [0.25, 0.3) is 5.91 Å². The van der Waals surface area contributed by atoms with Crippen molar-refractivity contribution in [1.82, 2.24) is 16.0 Å². The lowest BCUT2D eigenvalue weighted by Crippen LogP contribution is -2.49. The molecule has 2 amide bonds. The predicted octanol–water partition coefficient (Wildman–Crippen LogP) is 2.72. The largest absolute Gasteiger partial charge is 0.351 e. The highest BCUT2D eigenvalue weighted by molar-refractivity contribution is 7.20. The Bertz CT molecular complexity index is 714. The van der Waals surface area contributed by atoms with Crippen LogP contribution >= 0.6 is 11.3 Å². The highest BCUT2D eigenvalue weighted by atomic mass is 32.1. The van der Waals surface area contributed by atoms with E-state index in [9.17, 15) is 14.0 Å². The average molecular weight is 380 g/mol. The van der Waals surface area contributed by atoms with Crippen LogP contribution in [-0.4, -0.2) is 44.2 Å². The second kappa shape index (κ2) is 9.64. The first kappa shape index (κ1) is 20.3. The number of amides is 2. The van der Waals surface area contributed by atoms with Crippen molar-refractivity contribution in [3.8, 4) is 0 Å². The number of halogens is 1. The Hall–Kier alpha value is -1.99. The van der Waals surface area contributed by atoms with E-state index >= 15 is 0 Å². The monoisotopic (exact) mass is 379 g/mol. The van der Waals surface area contributed by atoms with Crippen LogP contribution in [0.1, 0.15) is 29.9 Å². The maximum atomic E-state index is 13.6. The molecule has 5 nitrogen and oxygen atoms in total. The predicted molar refractivity (Wildman–Crippen MR) is 104 cm³/mol. The van der Waals surface area contributed by atoms with E-state index in [1.165, 1.54) is 11.3 Å². The molecule has 0 radical (unpaired) electrons. The number of alkyl halides is 1. The van der Waals surface area contributed by atoms with Crippen LogP contribution < -0.4 is 16.0 Å². The molecule has 1 aromatic carbocycles. The molecule has 0 aliphatic heterocycles. The van der Waals surface area contributed by atoms with Crippen molar-refractivity contribution in [2.45, 2.75) is 32.5 Å². The summed E-state index contributed by atoms with van der Waals surface area (Å²) < 4.78 is 14.6. The summed E-state index contributed by atoms with van der Waals surface area (Å²) in [5.41, 5.74) is 0. The molecule has 26 heavy (non-hydrogen) atoms. The molecule has 0 unspecified atom stereocenters. The molecule has 0 fully saturated rings. The molecular weight excluding hydrogens is 353 g/mol. The number of hydrogen-bond acceptors (Lipinski definition) is 4. The first-order valence-corrected chi connectivity index (χ1v) is 9.58. The van der Waals surface area contributed by atoms with Crippen LogP contribution in [0.3, 0.4) is 0 Å². The van der Waals surface area contributed by atoms with Gasteiger partial charge in [0.2, 0.25) is 5.91 Å². The summed E-state index contributed by atoms with van der Waals surface area (Å²) in [7, 11) is 1.65. The Morgan fingerprint density at radius 2 is 1.92 bits per heavy atom. The number of rotatable bonds is 9. The quantitative estimate of drug-likeness (QED) is 0.627. The first-order valence-electron chi connectivity index (χ1n) is 8.76. The van der Waals surface area contributed by atoms with Gasteiger partial charge in [-0.05, 0) is 36.9 Å². The van der Waals surface area contributed by atoms with Crippen molar-refractivity contribution in [1.29, 1.82) is 0 Å². The molecule has 0 saturated heterocycles. The Morgan fingerprint density at radius 1 is 1.19 bits per heavy atom. The van der Waals surface area contributed by atoms with E-state index in [1.807, 2.05) is 44.2 Å². The van der Waals surface area contributed by atoms with Gasteiger partial charge in [0.1, 0.15) is 12.2 Å². The lowest BCUT2D eigenvalue weighted by Gasteiger charge is -2.20. The molecule has 0 aliphatic carbocycles. The van der Waals surface area contributed by atoms with Gasteiger partial charge >= 0.3 is 0 Å². The van der Waals surface area contributed by atoms with E-state index in [1.54, 1.807) is 7.05 Å². The summed E-state index contributed by atoms with van der Waals surface area (Å²) in [4.78, 5) is 25.6. The number of nitrogens with one attached hydrogen (secondary N) is 3. The zero-order chi connectivity index (χ0) is 19.1. The van der Waals surface area contributed by atoms with Crippen LogP contribution in [0.25, 0.3) is 10.1 Å². The maximum absolute atomic E-state index is 13.6. The number of benzene rings is 1. The minimum atomic E-state index is -1.16. The van der Waals surface area contributed by atoms with Gasteiger partial charge in [-0.15, -0.1) is 11.3 Å². The van der Waals surface area contributed by atoms with E-state index < -0.39 is 12.2 Å². The third kappa shape index (κ3) is 5.78. The number of carbonyl (C=O) groups excluding carboxylic acids is 2. The minimum absolute atomic E-state index is 0.0764. The number of fused-ring (bicyclic) bond motifs is 1. The van der Waals surface area contributed by atoms with Crippen molar-refractivity contribution in [3.63, 3.8) is 0 Å². The van der Waals surface area contributed by atoms with Crippen molar-refractivity contribution in [2.75, 3.05) is 20.1 Å². The fraction of sp³-hybridized carbons (Fsp3) is 0.474. The maximum Gasteiger partial charge on any atom is 0.262 e. The van der Waals surface area contributed by atoms with Gasteiger partial charge in [0.05, 0.1) is 11.4 Å². The number of hydrogen-bond donors (Lipinski definition) is 3. The summed E-state index contributed by atoms with van der Waals surface area (Å²) in [6.07, 6.45) is -0.673. The summed E-state index contributed by atoms with van der Waals surface area (Å²) in [5, 5.41) is 9.12. The van der Waals surface area contributed by atoms with Gasteiger partial charge in [-0.3, -0.25) is 9.59 Å². The van der Waals surface area contributed by atoms with Crippen LogP contribution in [0.5, 0.6) is 0 Å². The smallest absolute Gasteiger partial charge is 0.262 e. The fourth-order valence-corrected chi connectivity index (χ4v) is 3.62. The molecule has 3 N–H and O–H groups in total. The van der Waals surface area contributed by atoms with Gasteiger partial charge in [-0.25, -0.2) is 4.39 Å². The lowest BCUT2D eigenvalue weighted by molar-refractivity contribution is -0.123. The van der Waals surface area contributed by atoms with Crippen LogP contribution in [0.4, 0.5) is 4.39 Å². The standard InChI is InChI=1S/C19H26FN3O2S/c1-12(2)8-15(18(24)22-11-14(20)10-21-3)23-19(25)17-9-13-6-4-5-7-16(13)26-17/h4-7,9,12,14-15,21H,8,10-11H2,1-3H3,(H,22,24)(H,23,25)/t14-,15-/m0/s1. The third-order valence-corrected chi connectivity index (χ3v) is 5.02. The van der Waals surface area contributed by atoms with Crippen LogP contribution in [-0.2, 0) is 4.79 Å². The summed E-state index contributed by atoms with van der Waals surface area (Å²) >= 11 is 1.39. The van der Waals surface area contributed by atoms with Gasteiger partial charge in [-0.1, -0.05) is 32.0 Å². The van der Waals surface area contributed by atoms with Gasteiger partial charge in [0.15, 0.2) is 0 Å². The second-order valence-electron chi connectivity index (χ2n) is 6.70. The van der Waals surface area contributed by atoms with Crippen molar-refractivity contribution in [2.24, 2.45) is 5.92 Å². The summed E-state index contributed by atoms with van der Waals surface area (Å²) in [6.45, 7) is 4.05. The molecule has 2 atom stereocenters. The molecule has 0 saturated carbocycles. The molecule has 0 bridgehead atoms. The highest BCUT2D eigenvalue weighted by Gasteiger charge is 2.24. The Kier molecular flexibility index (Phi) is 7.53. The molecular formula is C19H26FN3O2S. The molecule has 2 aromatic rings. The minimum Gasteiger partial charge on any atom is -0.351 e. The van der Waals surface area contributed by atoms with Gasteiger partial charge in [0, 0.05) is 11.2 Å². The number of thiophene rings is 1. The summed E-state index contributed by atoms with van der Waals surface area (Å²) in [5.74, 6) is -0.419. The molecule has 7 heteroatoms. The zero-order valence-electron chi connectivity index (χ0n) is 15.3. The second-order valence-corrected chi connectivity index (χ2v) is 7.79. The SMILES string of the molecule is CNC[C@H](F)CNC(=O)[C@H](CC(C)C)NC(=O)c1cc2ccccc2s1. The van der Waals surface area contributed by atoms with E-state index in [-0.39, 0.29) is 30.8 Å². The summed E-state index contributed by atoms with van der Waals surface area (Å²) in [6, 6.07) is 8.89. The molecule has 1 heterocycles. The van der Waals surface area contributed by atoms with Crippen molar-refractivity contribution in [3.05, 3.63) is 35.2 Å². The van der Waals surface area contributed by atoms with E-state index in [4.69, 9.17) is 0 Å². The van der Waals surface area contributed by atoms with E-state index in [2.05, 4.69) is 16.0 Å². The molecule has 0 spiro atoms. The van der Waals surface area contributed by atoms with Crippen LogP contribution in [0.2, 0.25) is 0 Å². The molecule has 1 aromatic heterocycles. The van der Waals surface area contributed by atoms with Crippen molar-refractivity contribution < 1.29 is 14.0 Å². The molecule has 142 valence electrons. The van der Waals surface area contributed by atoms with E-state index in [0.717, 1.165) is 10.1 Å². The number of carbonyl (C=O) groups is 2. The molecule has 2 rings (SSSR count). The molecule has 0 aliphatic rings. The van der Waals surface area contributed by atoms with Gasteiger partial charge in [-0.2, -0.15) is 0 Å². The van der Waals surface area contributed by atoms with Crippen molar-refractivity contribution >= 4 is 33.2 Å². The van der Waals surface area contributed by atoms with Crippen LogP contribution in [0.15, 0.2) is 30.3 Å². The Balaban J connectivity index is 2.03. The lowest BCUT2D eigenvalue weighted by atomic mass is 10.0. The van der Waals surface area contributed by atoms with Gasteiger partial charge < -0.3 is 16.0 Å². The average Bonchev–Trinajstić information content (AvgIpc) is 3.03. The Labute approximate surface area is 157 Å².